The molecule has 0 aliphatic rings. The van der Waals surface area contributed by atoms with Gasteiger partial charge in [0.05, 0.1) is 22.1 Å². The maximum Gasteiger partial charge on any atom is 0.240 e. The van der Waals surface area contributed by atoms with Crippen molar-refractivity contribution in [3.8, 4) is 0 Å². The molecule has 1 aromatic heterocycles. The number of hydrogen-bond acceptors (Lipinski definition) is 5. The Hall–Kier alpha value is -1.24. The van der Waals surface area contributed by atoms with E-state index in [4.69, 9.17) is 0 Å². The SMILES string of the molecule is CN=C(NCCNS(=O)(=O)c1ccccc1)NCc1sc(C)nc1C.I. The predicted molar refractivity (Wildman–Crippen MR) is 117 cm³/mol. The van der Waals surface area contributed by atoms with E-state index in [2.05, 4.69) is 25.3 Å². The molecule has 0 amide bonds. The summed E-state index contributed by atoms with van der Waals surface area (Å²) < 4.78 is 26.8. The summed E-state index contributed by atoms with van der Waals surface area (Å²) in [5.41, 5.74) is 1.01. The maximum atomic E-state index is 12.1. The smallest absolute Gasteiger partial charge is 0.240 e. The highest BCUT2D eigenvalue weighted by Crippen LogP contribution is 2.16. The van der Waals surface area contributed by atoms with Crippen LogP contribution in [0.3, 0.4) is 0 Å². The van der Waals surface area contributed by atoms with E-state index < -0.39 is 10.0 Å². The van der Waals surface area contributed by atoms with Crippen LogP contribution in [0.15, 0.2) is 40.2 Å². The van der Waals surface area contributed by atoms with Crippen molar-refractivity contribution in [2.45, 2.75) is 25.3 Å². The van der Waals surface area contributed by atoms with Gasteiger partial charge in [0.1, 0.15) is 0 Å². The molecule has 0 fully saturated rings. The van der Waals surface area contributed by atoms with Crippen molar-refractivity contribution in [3.05, 3.63) is 45.9 Å². The van der Waals surface area contributed by atoms with Gasteiger partial charge in [0, 0.05) is 25.0 Å². The minimum Gasteiger partial charge on any atom is -0.355 e. The second kappa shape index (κ2) is 10.8. The summed E-state index contributed by atoms with van der Waals surface area (Å²) in [5, 5.41) is 7.32. The minimum atomic E-state index is -3.48. The van der Waals surface area contributed by atoms with E-state index in [1.54, 1.807) is 48.7 Å². The molecule has 144 valence electrons. The Bertz CT molecular complexity index is 822. The van der Waals surface area contributed by atoms with E-state index >= 15 is 0 Å². The van der Waals surface area contributed by atoms with Crippen molar-refractivity contribution in [3.63, 3.8) is 0 Å². The number of nitrogens with zero attached hydrogens (tertiary/aromatic N) is 2. The van der Waals surface area contributed by atoms with Gasteiger partial charge in [-0.25, -0.2) is 18.1 Å². The standard InChI is InChI=1S/C16H23N5O2S2.HI/c1-12-15(24-13(2)21-12)11-19-16(17-3)18-9-10-20-25(22,23)14-7-5-4-6-8-14;/h4-8,20H,9-11H2,1-3H3,(H2,17,18,19);1H. The second-order valence-electron chi connectivity index (χ2n) is 5.30. The fourth-order valence-electron chi connectivity index (χ4n) is 2.17. The Morgan fingerprint density at radius 1 is 1.15 bits per heavy atom. The van der Waals surface area contributed by atoms with E-state index in [-0.39, 0.29) is 35.4 Å². The molecular formula is C16H24IN5O2S2. The molecule has 3 N–H and O–H groups in total. The third-order valence-corrected chi connectivity index (χ3v) is 5.95. The van der Waals surface area contributed by atoms with Gasteiger partial charge in [-0.05, 0) is 26.0 Å². The molecule has 0 saturated heterocycles. The van der Waals surface area contributed by atoms with Crippen LogP contribution in [-0.2, 0) is 16.6 Å². The highest BCUT2D eigenvalue weighted by molar-refractivity contribution is 14.0. The molecule has 0 aliphatic carbocycles. The van der Waals surface area contributed by atoms with E-state index in [1.165, 1.54) is 0 Å². The monoisotopic (exact) mass is 509 g/mol. The summed E-state index contributed by atoms with van der Waals surface area (Å²) in [6, 6.07) is 8.30. The molecule has 0 aliphatic heterocycles. The maximum absolute atomic E-state index is 12.1. The van der Waals surface area contributed by atoms with Crippen LogP contribution in [-0.4, -0.2) is 39.5 Å². The van der Waals surface area contributed by atoms with Crippen LogP contribution in [0, 0.1) is 13.8 Å². The zero-order chi connectivity index (χ0) is 18.3. The van der Waals surface area contributed by atoms with Gasteiger partial charge >= 0.3 is 0 Å². The Morgan fingerprint density at radius 3 is 2.42 bits per heavy atom. The van der Waals surface area contributed by atoms with Crippen molar-refractivity contribution < 1.29 is 8.42 Å². The van der Waals surface area contributed by atoms with Gasteiger partial charge in [0.25, 0.3) is 0 Å². The van der Waals surface area contributed by atoms with Gasteiger partial charge < -0.3 is 10.6 Å². The summed E-state index contributed by atoms with van der Waals surface area (Å²) >= 11 is 1.65. The molecule has 0 saturated carbocycles. The number of sulfonamides is 1. The van der Waals surface area contributed by atoms with Crippen LogP contribution >= 0.6 is 35.3 Å². The fourth-order valence-corrected chi connectivity index (χ4v) is 4.10. The number of thiazole rings is 1. The summed E-state index contributed by atoms with van der Waals surface area (Å²) in [4.78, 5) is 9.94. The fraction of sp³-hybridized carbons (Fsp3) is 0.375. The molecule has 0 radical (unpaired) electrons. The highest BCUT2D eigenvalue weighted by atomic mass is 127. The van der Waals surface area contributed by atoms with Crippen molar-refractivity contribution in [1.82, 2.24) is 20.3 Å². The Kier molecular flexibility index (Phi) is 9.47. The van der Waals surface area contributed by atoms with Crippen LogP contribution in [0.25, 0.3) is 0 Å². The summed E-state index contributed by atoms with van der Waals surface area (Å²) in [5.74, 6) is 0.615. The number of aromatic nitrogens is 1. The second-order valence-corrected chi connectivity index (χ2v) is 8.36. The molecule has 0 unspecified atom stereocenters. The van der Waals surface area contributed by atoms with Gasteiger partial charge in [0.2, 0.25) is 10.0 Å². The molecule has 1 heterocycles. The lowest BCUT2D eigenvalue weighted by atomic mass is 10.4. The number of nitrogens with one attached hydrogen (secondary N) is 3. The normalized spacial score (nSPS) is 11.7. The first-order valence-electron chi connectivity index (χ1n) is 7.84. The number of aliphatic imine (C=N–C) groups is 1. The van der Waals surface area contributed by atoms with E-state index in [0.717, 1.165) is 15.6 Å². The van der Waals surface area contributed by atoms with Crippen molar-refractivity contribution in [2.75, 3.05) is 20.1 Å². The Labute approximate surface area is 175 Å². The highest BCUT2D eigenvalue weighted by Gasteiger charge is 2.12. The molecule has 26 heavy (non-hydrogen) atoms. The predicted octanol–water partition coefficient (Wildman–Crippen LogP) is 2.02. The van der Waals surface area contributed by atoms with Crippen LogP contribution in [0.4, 0.5) is 0 Å². The van der Waals surface area contributed by atoms with Crippen molar-refractivity contribution >= 4 is 51.3 Å². The quantitative estimate of drug-likeness (QED) is 0.230. The molecule has 0 bridgehead atoms. The van der Waals surface area contributed by atoms with E-state index in [1.807, 2.05) is 13.8 Å². The van der Waals surface area contributed by atoms with Crippen molar-refractivity contribution in [2.24, 2.45) is 4.99 Å². The van der Waals surface area contributed by atoms with Crippen molar-refractivity contribution in [1.29, 1.82) is 0 Å². The molecule has 1 aromatic carbocycles. The largest absolute Gasteiger partial charge is 0.355 e. The lowest BCUT2D eigenvalue weighted by Crippen LogP contribution is -2.41. The van der Waals surface area contributed by atoms with Crippen LogP contribution < -0.4 is 15.4 Å². The summed E-state index contributed by atoms with van der Waals surface area (Å²) in [6.45, 7) is 5.28. The molecular weight excluding hydrogens is 485 g/mol. The molecule has 2 rings (SSSR count). The van der Waals surface area contributed by atoms with Gasteiger partial charge in [-0.1, -0.05) is 18.2 Å². The third-order valence-electron chi connectivity index (χ3n) is 3.40. The number of aryl methyl sites for hydroxylation is 2. The number of guanidine groups is 1. The lowest BCUT2D eigenvalue weighted by molar-refractivity contribution is 0.580. The zero-order valence-electron chi connectivity index (χ0n) is 14.9. The molecule has 2 aromatic rings. The topological polar surface area (TPSA) is 95.5 Å². The Balaban J connectivity index is 0.00000338. The number of benzene rings is 1. The summed E-state index contributed by atoms with van der Waals surface area (Å²) in [7, 11) is -1.81. The third kappa shape index (κ3) is 6.82. The first-order valence-corrected chi connectivity index (χ1v) is 10.1. The number of halogens is 1. The molecule has 7 nitrogen and oxygen atoms in total. The Morgan fingerprint density at radius 2 is 1.85 bits per heavy atom. The number of rotatable bonds is 7. The van der Waals surface area contributed by atoms with Crippen LogP contribution in [0.1, 0.15) is 15.6 Å². The van der Waals surface area contributed by atoms with Gasteiger partial charge in [-0.2, -0.15) is 0 Å². The lowest BCUT2D eigenvalue weighted by Gasteiger charge is -2.12. The number of hydrogen-bond donors (Lipinski definition) is 3. The molecule has 0 spiro atoms. The average molecular weight is 509 g/mol. The minimum absolute atomic E-state index is 0. The first kappa shape index (κ1) is 22.8. The molecule has 10 heteroatoms. The van der Waals surface area contributed by atoms with E-state index in [0.29, 0.717) is 19.0 Å². The van der Waals surface area contributed by atoms with Crippen LogP contribution in [0.2, 0.25) is 0 Å². The average Bonchev–Trinajstić information content (AvgIpc) is 2.92. The first-order chi connectivity index (χ1) is 11.9. The van der Waals surface area contributed by atoms with E-state index in [9.17, 15) is 8.42 Å². The van der Waals surface area contributed by atoms with Crippen LogP contribution in [0.5, 0.6) is 0 Å². The zero-order valence-corrected chi connectivity index (χ0v) is 18.9. The van der Waals surface area contributed by atoms with Gasteiger partial charge in [0.15, 0.2) is 5.96 Å². The van der Waals surface area contributed by atoms with Gasteiger partial charge in [-0.15, -0.1) is 35.3 Å². The summed E-state index contributed by atoms with van der Waals surface area (Å²) in [6.07, 6.45) is 0. The van der Waals surface area contributed by atoms with Gasteiger partial charge in [-0.3, -0.25) is 4.99 Å². The molecule has 0 atom stereocenters.